The largest absolute Gasteiger partial charge is 0.490 e. The zero-order valence-electron chi connectivity index (χ0n) is 17.3. The molecule has 0 aromatic heterocycles. The molecular weight excluding hydrogens is 496 g/mol. The number of nitrogens with zero attached hydrogens (tertiary/aromatic N) is 1. The fourth-order valence-corrected chi connectivity index (χ4v) is 4.11. The molecule has 9 heteroatoms. The Hall–Kier alpha value is -3.04. The van der Waals surface area contributed by atoms with Crippen LogP contribution in [0.4, 0.5) is 10.5 Å². The zero-order valence-corrected chi connectivity index (χ0v) is 19.7. The van der Waals surface area contributed by atoms with Gasteiger partial charge in [-0.1, -0.05) is 40.2 Å². The molecule has 1 aliphatic heterocycles. The molecule has 0 bridgehead atoms. The minimum Gasteiger partial charge on any atom is -0.490 e. The van der Waals surface area contributed by atoms with Crippen LogP contribution in [0, 0.1) is 0 Å². The van der Waals surface area contributed by atoms with Crippen LogP contribution in [0.2, 0.25) is 0 Å². The summed E-state index contributed by atoms with van der Waals surface area (Å²) in [6, 6.07) is 12.4. The van der Waals surface area contributed by atoms with Gasteiger partial charge in [-0.2, -0.15) is 0 Å². The maximum absolute atomic E-state index is 12.5. The van der Waals surface area contributed by atoms with Crippen LogP contribution in [-0.2, 0) is 9.59 Å². The number of nitrogens with one attached hydrogen (secondary N) is 1. The Morgan fingerprint density at radius 1 is 1.19 bits per heavy atom. The van der Waals surface area contributed by atoms with Crippen LogP contribution in [-0.4, -0.2) is 41.7 Å². The van der Waals surface area contributed by atoms with Gasteiger partial charge in [0.25, 0.3) is 17.1 Å². The van der Waals surface area contributed by atoms with Gasteiger partial charge in [0.2, 0.25) is 0 Å². The number of ether oxygens (including phenoxy) is 2. The lowest BCUT2D eigenvalue weighted by Gasteiger charge is -2.14. The number of thioether (sulfide) groups is 1. The van der Waals surface area contributed by atoms with Gasteiger partial charge in [0.15, 0.2) is 18.1 Å². The van der Waals surface area contributed by atoms with Gasteiger partial charge < -0.3 is 14.8 Å². The van der Waals surface area contributed by atoms with E-state index in [0.717, 1.165) is 16.7 Å². The van der Waals surface area contributed by atoms with E-state index < -0.39 is 0 Å². The normalized spacial score (nSPS) is 14.6. The van der Waals surface area contributed by atoms with Crippen LogP contribution in [0.3, 0.4) is 0 Å². The molecule has 2 aromatic rings. The summed E-state index contributed by atoms with van der Waals surface area (Å²) in [5.74, 6) is 0.107. The highest BCUT2D eigenvalue weighted by Gasteiger charge is 2.34. The van der Waals surface area contributed by atoms with E-state index in [2.05, 4.69) is 27.8 Å². The third-order valence-electron chi connectivity index (χ3n) is 4.25. The fourth-order valence-electron chi connectivity index (χ4n) is 2.83. The SMILES string of the molecule is C=CCN1C(=O)S/C(=C/c2cc(OCC)c(OCC(=O)Nc3ccccc3)cc2Br)C1=O. The Morgan fingerprint density at radius 2 is 1.91 bits per heavy atom. The highest BCUT2D eigenvalue weighted by molar-refractivity contribution is 9.10. The third kappa shape index (κ3) is 5.80. The maximum atomic E-state index is 12.5. The Labute approximate surface area is 198 Å². The van der Waals surface area contributed by atoms with Crippen molar-refractivity contribution in [3.63, 3.8) is 0 Å². The average Bonchev–Trinajstić information content (AvgIpc) is 3.03. The van der Waals surface area contributed by atoms with Crippen molar-refractivity contribution in [1.29, 1.82) is 0 Å². The van der Waals surface area contributed by atoms with Crippen molar-refractivity contribution >= 4 is 56.5 Å². The highest BCUT2D eigenvalue weighted by atomic mass is 79.9. The molecule has 0 unspecified atom stereocenters. The van der Waals surface area contributed by atoms with E-state index in [1.807, 2.05) is 25.1 Å². The first kappa shape index (κ1) is 23.6. The fraction of sp³-hybridized carbons (Fsp3) is 0.174. The van der Waals surface area contributed by atoms with Crippen LogP contribution in [0.15, 0.2) is 64.5 Å². The van der Waals surface area contributed by atoms with Crippen LogP contribution >= 0.6 is 27.7 Å². The van der Waals surface area contributed by atoms with Crippen LogP contribution < -0.4 is 14.8 Å². The molecule has 0 radical (unpaired) electrons. The van der Waals surface area contributed by atoms with E-state index in [-0.39, 0.29) is 30.2 Å². The van der Waals surface area contributed by atoms with Gasteiger partial charge in [-0.15, -0.1) is 6.58 Å². The molecule has 1 aliphatic rings. The quantitative estimate of drug-likeness (QED) is 0.369. The lowest BCUT2D eigenvalue weighted by molar-refractivity contribution is -0.122. The first-order valence-corrected chi connectivity index (χ1v) is 11.3. The second kappa shape index (κ2) is 11.0. The maximum Gasteiger partial charge on any atom is 0.293 e. The summed E-state index contributed by atoms with van der Waals surface area (Å²) >= 11 is 4.33. The monoisotopic (exact) mass is 516 g/mol. The summed E-state index contributed by atoms with van der Waals surface area (Å²) < 4.78 is 12.0. The summed E-state index contributed by atoms with van der Waals surface area (Å²) in [4.78, 5) is 38.2. The van der Waals surface area contributed by atoms with Crippen LogP contribution in [0.5, 0.6) is 11.5 Å². The number of carbonyl (C=O) groups excluding carboxylic acids is 3. The Morgan fingerprint density at radius 3 is 2.59 bits per heavy atom. The van der Waals surface area contributed by atoms with E-state index in [1.54, 1.807) is 30.3 Å². The number of imide groups is 1. The number of carbonyl (C=O) groups is 3. The van der Waals surface area contributed by atoms with Gasteiger partial charge in [0.05, 0.1) is 11.5 Å². The number of hydrogen-bond donors (Lipinski definition) is 1. The van der Waals surface area contributed by atoms with Crippen molar-refractivity contribution < 1.29 is 23.9 Å². The van der Waals surface area contributed by atoms with Crippen molar-refractivity contribution in [3.8, 4) is 11.5 Å². The predicted molar refractivity (Wildman–Crippen MR) is 129 cm³/mol. The second-order valence-corrected chi connectivity index (χ2v) is 8.38. The second-order valence-electron chi connectivity index (χ2n) is 6.54. The molecule has 3 rings (SSSR count). The molecule has 0 atom stereocenters. The average molecular weight is 517 g/mol. The molecule has 166 valence electrons. The molecule has 1 N–H and O–H groups in total. The topological polar surface area (TPSA) is 84.9 Å². The van der Waals surface area contributed by atoms with Crippen LogP contribution in [0.1, 0.15) is 12.5 Å². The first-order chi connectivity index (χ1) is 15.4. The smallest absolute Gasteiger partial charge is 0.293 e. The number of hydrogen-bond acceptors (Lipinski definition) is 6. The third-order valence-corrected chi connectivity index (χ3v) is 5.85. The van der Waals surface area contributed by atoms with Gasteiger partial charge in [-0.3, -0.25) is 19.3 Å². The molecule has 7 nitrogen and oxygen atoms in total. The number of para-hydroxylation sites is 1. The number of amides is 3. The molecule has 32 heavy (non-hydrogen) atoms. The van der Waals surface area contributed by atoms with E-state index in [1.165, 1.54) is 6.08 Å². The first-order valence-electron chi connectivity index (χ1n) is 9.73. The van der Waals surface area contributed by atoms with E-state index in [4.69, 9.17) is 9.47 Å². The molecule has 0 saturated carbocycles. The van der Waals surface area contributed by atoms with Gasteiger partial charge in [-0.25, -0.2) is 0 Å². The van der Waals surface area contributed by atoms with Gasteiger partial charge in [0.1, 0.15) is 0 Å². The molecule has 0 spiro atoms. The number of halogens is 1. The predicted octanol–water partition coefficient (Wildman–Crippen LogP) is 5.09. The van der Waals surface area contributed by atoms with Gasteiger partial charge in [0, 0.05) is 16.7 Å². The van der Waals surface area contributed by atoms with Crippen molar-refractivity contribution in [2.45, 2.75) is 6.92 Å². The Kier molecular flexibility index (Phi) is 8.13. The van der Waals surface area contributed by atoms with Crippen molar-refractivity contribution in [2.75, 3.05) is 25.1 Å². The zero-order chi connectivity index (χ0) is 23.1. The summed E-state index contributed by atoms with van der Waals surface area (Å²) in [5.41, 5.74) is 1.31. The Balaban J connectivity index is 1.77. The lowest BCUT2D eigenvalue weighted by Crippen LogP contribution is -2.27. The minimum absolute atomic E-state index is 0.158. The molecule has 3 amide bonds. The van der Waals surface area contributed by atoms with Crippen molar-refractivity contribution in [1.82, 2.24) is 4.90 Å². The molecule has 2 aromatic carbocycles. The number of benzene rings is 2. The van der Waals surface area contributed by atoms with E-state index in [0.29, 0.717) is 38.7 Å². The number of rotatable bonds is 9. The molecular formula is C23H21BrN2O5S. The Bertz CT molecular complexity index is 1070. The van der Waals surface area contributed by atoms with Gasteiger partial charge in [-0.05, 0) is 54.6 Å². The summed E-state index contributed by atoms with van der Waals surface area (Å²) in [6.07, 6.45) is 3.12. The molecule has 1 fully saturated rings. The molecule has 0 aliphatic carbocycles. The van der Waals surface area contributed by atoms with Crippen molar-refractivity contribution in [3.05, 3.63) is 70.1 Å². The van der Waals surface area contributed by atoms with Crippen LogP contribution in [0.25, 0.3) is 6.08 Å². The minimum atomic E-state index is -0.373. The van der Waals surface area contributed by atoms with E-state index in [9.17, 15) is 14.4 Å². The molecule has 1 heterocycles. The molecule has 1 saturated heterocycles. The summed E-state index contributed by atoms with van der Waals surface area (Å²) in [7, 11) is 0. The number of anilines is 1. The highest BCUT2D eigenvalue weighted by Crippen LogP contribution is 2.38. The van der Waals surface area contributed by atoms with Crippen molar-refractivity contribution in [2.24, 2.45) is 0 Å². The lowest BCUT2D eigenvalue weighted by atomic mass is 10.2. The summed E-state index contributed by atoms with van der Waals surface area (Å²) in [6.45, 7) is 5.73. The van der Waals surface area contributed by atoms with E-state index >= 15 is 0 Å². The summed E-state index contributed by atoms with van der Waals surface area (Å²) in [5, 5.41) is 2.41. The van der Waals surface area contributed by atoms with Gasteiger partial charge >= 0.3 is 0 Å². The standard InChI is InChI=1S/C23H21BrN2O5S/c1-3-10-26-22(28)20(32-23(26)29)12-15-11-18(30-4-2)19(13-17(15)24)31-14-21(27)25-16-8-6-5-7-9-16/h3,5-9,11-13H,1,4,10,14H2,2H3,(H,25,27)/b20-12+.